The molecule has 0 atom stereocenters. The van der Waals surface area contributed by atoms with Crippen LogP contribution in [0.5, 0.6) is 5.75 Å². The van der Waals surface area contributed by atoms with Gasteiger partial charge in [0, 0.05) is 25.9 Å². The van der Waals surface area contributed by atoms with Gasteiger partial charge in [0.05, 0.1) is 12.1 Å². The van der Waals surface area contributed by atoms with Gasteiger partial charge in [-0.15, -0.1) is 0 Å². The second-order valence-corrected chi connectivity index (χ2v) is 5.78. The highest BCUT2D eigenvalue weighted by molar-refractivity contribution is 5.84. The maximum absolute atomic E-state index is 12.0. The summed E-state index contributed by atoms with van der Waals surface area (Å²) in [6.07, 6.45) is 1.92. The second-order valence-electron chi connectivity index (χ2n) is 5.78. The maximum Gasteiger partial charge on any atom is 0.240 e. The first kappa shape index (κ1) is 17.0. The third-order valence-corrected chi connectivity index (χ3v) is 3.94. The Kier molecular flexibility index (Phi) is 5.69. The third kappa shape index (κ3) is 4.61. The lowest BCUT2D eigenvalue weighted by molar-refractivity contribution is -0.121. The highest BCUT2D eigenvalue weighted by Crippen LogP contribution is 2.23. The Morgan fingerprint density at radius 3 is 2.76 bits per heavy atom. The number of methoxy groups -OCH3 is 1. The topological polar surface area (TPSA) is 52.5 Å². The zero-order chi connectivity index (χ0) is 17.5. The van der Waals surface area contributed by atoms with E-state index in [2.05, 4.69) is 5.32 Å². The first-order chi connectivity index (χ1) is 12.3. The Morgan fingerprint density at radius 1 is 1.12 bits per heavy atom. The average molecular weight is 338 g/mol. The predicted octanol–water partition coefficient (Wildman–Crippen LogP) is 2.98. The Bertz CT molecular complexity index is 827. The molecule has 3 aromatic rings. The van der Waals surface area contributed by atoms with Gasteiger partial charge in [0.2, 0.25) is 5.91 Å². The standard InChI is InChI=1S/C20H22N2O3/c1-24-12-10-21-20(23)14-22-11-9-17-7-8-18(13-19(17)22)25-15-16-5-3-2-4-6-16/h2-9,11,13H,10,12,14-15H2,1H3,(H,21,23). The van der Waals surface area contributed by atoms with E-state index in [1.165, 1.54) is 0 Å². The zero-order valence-electron chi connectivity index (χ0n) is 14.3. The number of nitrogens with one attached hydrogen (secondary N) is 1. The molecule has 0 spiro atoms. The van der Waals surface area contributed by atoms with E-state index in [1.807, 2.05) is 65.4 Å². The number of fused-ring (bicyclic) bond motifs is 1. The molecule has 3 rings (SSSR count). The van der Waals surface area contributed by atoms with Crippen LogP contribution in [0.2, 0.25) is 0 Å². The molecule has 0 aliphatic rings. The molecule has 0 saturated carbocycles. The summed E-state index contributed by atoms with van der Waals surface area (Å²) in [5, 5.41) is 3.91. The monoisotopic (exact) mass is 338 g/mol. The molecule has 5 nitrogen and oxygen atoms in total. The van der Waals surface area contributed by atoms with Gasteiger partial charge < -0.3 is 19.4 Å². The normalized spacial score (nSPS) is 10.8. The molecule has 0 unspecified atom stereocenters. The molecule has 1 N–H and O–H groups in total. The minimum Gasteiger partial charge on any atom is -0.489 e. The minimum absolute atomic E-state index is 0.0369. The van der Waals surface area contributed by atoms with Crippen LogP contribution in [0.1, 0.15) is 5.56 Å². The van der Waals surface area contributed by atoms with Crippen LogP contribution in [-0.2, 0) is 22.7 Å². The predicted molar refractivity (Wildman–Crippen MR) is 97.6 cm³/mol. The zero-order valence-corrected chi connectivity index (χ0v) is 14.3. The summed E-state index contributed by atoms with van der Waals surface area (Å²) in [6.45, 7) is 1.82. The summed E-state index contributed by atoms with van der Waals surface area (Å²) >= 11 is 0. The number of aromatic nitrogens is 1. The lowest BCUT2D eigenvalue weighted by Crippen LogP contribution is -2.30. The molecule has 130 valence electrons. The first-order valence-electron chi connectivity index (χ1n) is 8.27. The summed E-state index contributed by atoms with van der Waals surface area (Å²) in [5.74, 6) is 0.751. The van der Waals surface area contributed by atoms with Crippen LogP contribution in [0.25, 0.3) is 10.9 Å². The molecule has 0 aliphatic carbocycles. The Hall–Kier alpha value is -2.79. The van der Waals surface area contributed by atoms with E-state index in [9.17, 15) is 4.79 Å². The van der Waals surface area contributed by atoms with E-state index in [0.717, 1.165) is 22.2 Å². The first-order valence-corrected chi connectivity index (χ1v) is 8.27. The fourth-order valence-electron chi connectivity index (χ4n) is 2.64. The van der Waals surface area contributed by atoms with Crippen molar-refractivity contribution in [2.45, 2.75) is 13.2 Å². The van der Waals surface area contributed by atoms with E-state index < -0.39 is 0 Å². The summed E-state index contributed by atoms with van der Waals surface area (Å²) in [6, 6.07) is 18.0. The van der Waals surface area contributed by atoms with Gasteiger partial charge in [0.25, 0.3) is 0 Å². The molecular weight excluding hydrogens is 316 g/mol. The molecule has 2 aromatic carbocycles. The van der Waals surface area contributed by atoms with Gasteiger partial charge in [-0.3, -0.25) is 4.79 Å². The van der Waals surface area contributed by atoms with Gasteiger partial charge in [0.1, 0.15) is 18.9 Å². The van der Waals surface area contributed by atoms with Crippen molar-refractivity contribution in [3.63, 3.8) is 0 Å². The molecule has 1 aromatic heterocycles. The van der Waals surface area contributed by atoms with Crippen molar-refractivity contribution in [3.8, 4) is 5.75 Å². The van der Waals surface area contributed by atoms with Crippen LogP contribution in [0.3, 0.4) is 0 Å². The van der Waals surface area contributed by atoms with E-state index in [0.29, 0.717) is 19.8 Å². The van der Waals surface area contributed by atoms with Gasteiger partial charge in [-0.2, -0.15) is 0 Å². The SMILES string of the molecule is COCCNC(=O)Cn1ccc2ccc(OCc3ccccc3)cc21. The molecule has 0 saturated heterocycles. The van der Waals surface area contributed by atoms with Gasteiger partial charge in [-0.05, 0) is 29.1 Å². The van der Waals surface area contributed by atoms with Crippen molar-refractivity contribution >= 4 is 16.8 Å². The van der Waals surface area contributed by atoms with Crippen LogP contribution in [-0.4, -0.2) is 30.7 Å². The summed E-state index contributed by atoms with van der Waals surface area (Å²) < 4.78 is 12.7. The lowest BCUT2D eigenvalue weighted by Gasteiger charge is -2.09. The lowest BCUT2D eigenvalue weighted by atomic mass is 10.2. The largest absolute Gasteiger partial charge is 0.489 e. The highest BCUT2D eigenvalue weighted by Gasteiger charge is 2.07. The van der Waals surface area contributed by atoms with Crippen molar-refractivity contribution < 1.29 is 14.3 Å². The number of carbonyl (C=O) groups is 1. The third-order valence-electron chi connectivity index (χ3n) is 3.94. The number of ether oxygens (including phenoxy) is 2. The average Bonchev–Trinajstić information content (AvgIpc) is 3.03. The number of carbonyl (C=O) groups excluding carboxylic acids is 1. The van der Waals surface area contributed by atoms with Crippen LogP contribution in [0.4, 0.5) is 0 Å². The van der Waals surface area contributed by atoms with Crippen molar-refractivity contribution in [3.05, 3.63) is 66.4 Å². The molecule has 0 aliphatic heterocycles. The summed E-state index contributed by atoms with van der Waals surface area (Å²) in [4.78, 5) is 12.0. The number of hydrogen-bond acceptors (Lipinski definition) is 3. The van der Waals surface area contributed by atoms with Gasteiger partial charge in [-0.1, -0.05) is 30.3 Å². The molecule has 5 heteroatoms. The highest BCUT2D eigenvalue weighted by atomic mass is 16.5. The van der Waals surface area contributed by atoms with Crippen molar-refractivity contribution in [2.75, 3.05) is 20.3 Å². The fraction of sp³-hybridized carbons (Fsp3) is 0.250. The van der Waals surface area contributed by atoms with Crippen LogP contribution in [0.15, 0.2) is 60.8 Å². The van der Waals surface area contributed by atoms with Crippen molar-refractivity contribution in [1.82, 2.24) is 9.88 Å². The number of hydrogen-bond donors (Lipinski definition) is 1. The summed E-state index contributed by atoms with van der Waals surface area (Å²) in [5.41, 5.74) is 2.10. The maximum atomic E-state index is 12.0. The van der Waals surface area contributed by atoms with E-state index >= 15 is 0 Å². The van der Waals surface area contributed by atoms with Gasteiger partial charge in [0.15, 0.2) is 0 Å². The van der Waals surface area contributed by atoms with Crippen LogP contribution < -0.4 is 10.1 Å². The van der Waals surface area contributed by atoms with Crippen LogP contribution in [0, 0.1) is 0 Å². The van der Waals surface area contributed by atoms with E-state index in [4.69, 9.17) is 9.47 Å². The number of amides is 1. The summed E-state index contributed by atoms with van der Waals surface area (Å²) in [7, 11) is 1.61. The molecule has 0 fully saturated rings. The van der Waals surface area contributed by atoms with E-state index in [1.54, 1.807) is 7.11 Å². The van der Waals surface area contributed by atoms with Crippen LogP contribution >= 0.6 is 0 Å². The van der Waals surface area contributed by atoms with Crippen molar-refractivity contribution in [1.29, 1.82) is 0 Å². The molecular formula is C20H22N2O3. The van der Waals surface area contributed by atoms with Crippen molar-refractivity contribution in [2.24, 2.45) is 0 Å². The minimum atomic E-state index is -0.0369. The smallest absolute Gasteiger partial charge is 0.240 e. The quantitative estimate of drug-likeness (QED) is 0.643. The fourth-order valence-corrected chi connectivity index (χ4v) is 2.64. The van der Waals surface area contributed by atoms with Gasteiger partial charge in [-0.25, -0.2) is 0 Å². The van der Waals surface area contributed by atoms with E-state index in [-0.39, 0.29) is 12.5 Å². The number of nitrogens with zero attached hydrogens (tertiary/aromatic N) is 1. The molecule has 25 heavy (non-hydrogen) atoms. The number of rotatable bonds is 8. The Morgan fingerprint density at radius 2 is 1.96 bits per heavy atom. The molecule has 1 heterocycles. The number of benzene rings is 2. The molecule has 0 radical (unpaired) electrons. The molecule has 0 bridgehead atoms. The second kappa shape index (κ2) is 8.35. The molecule has 1 amide bonds. The Labute approximate surface area is 147 Å². The Balaban J connectivity index is 1.67. The van der Waals surface area contributed by atoms with Gasteiger partial charge >= 0.3 is 0 Å².